The maximum atomic E-state index is 13.4. The monoisotopic (exact) mass is 445 g/mol. The molecule has 0 unspecified atom stereocenters. The summed E-state index contributed by atoms with van der Waals surface area (Å²) in [6, 6.07) is 17.9. The number of rotatable bonds is 5. The first-order chi connectivity index (χ1) is 16.0. The predicted molar refractivity (Wildman–Crippen MR) is 123 cm³/mol. The Labute approximate surface area is 190 Å². The number of carbonyl (C=O) groups excluding carboxylic acids is 2. The van der Waals surface area contributed by atoms with Gasteiger partial charge in [-0.3, -0.25) is 4.79 Å². The molecule has 0 aliphatic carbocycles. The standard InChI is InChI=1S/C26H24FN3O3/c1-2-33-26(32)24-15-23-22(12-14-29(23)21-9-7-20(27)8-10-21)30(24)17-25(31)28-13-11-18-5-3-4-6-19(18)16-28/h3-10,12,14-15H,2,11,13,16-17H2,1H3. The fraction of sp³-hybridized carbons (Fsp3) is 0.231. The van der Waals surface area contributed by atoms with E-state index in [0.29, 0.717) is 18.8 Å². The molecule has 0 saturated carbocycles. The van der Waals surface area contributed by atoms with Crippen molar-refractivity contribution in [2.24, 2.45) is 0 Å². The Morgan fingerprint density at radius 1 is 1.00 bits per heavy atom. The Bertz CT molecular complexity index is 1340. The van der Waals surface area contributed by atoms with E-state index in [1.165, 1.54) is 17.7 Å². The van der Waals surface area contributed by atoms with E-state index in [1.54, 1.807) is 29.7 Å². The second kappa shape index (κ2) is 8.58. The molecule has 3 heterocycles. The van der Waals surface area contributed by atoms with Gasteiger partial charge >= 0.3 is 5.97 Å². The molecule has 2 aromatic carbocycles. The number of benzene rings is 2. The summed E-state index contributed by atoms with van der Waals surface area (Å²) in [7, 11) is 0. The molecule has 168 valence electrons. The maximum Gasteiger partial charge on any atom is 0.355 e. The number of esters is 1. The number of hydrogen-bond donors (Lipinski definition) is 0. The SMILES string of the molecule is CCOC(=O)c1cc2c(ccn2-c2ccc(F)cc2)n1CC(=O)N1CCc2ccccc2C1. The number of hydrogen-bond acceptors (Lipinski definition) is 3. The molecule has 5 rings (SSSR count). The quantitative estimate of drug-likeness (QED) is 0.430. The zero-order chi connectivity index (χ0) is 22.9. The van der Waals surface area contributed by atoms with Gasteiger partial charge in [0.1, 0.15) is 18.1 Å². The molecule has 0 radical (unpaired) electrons. The number of aromatic nitrogens is 2. The van der Waals surface area contributed by atoms with Crippen molar-refractivity contribution in [2.45, 2.75) is 26.4 Å². The second-order valence-electron chi connectivity index (χ2n) is 8.10. The molecule has 0 N–H and O–H groups in total. The van der Waals surface area contributed by atoms with Gasteiger partial charge in [0, 0.05) is 25.0 Å². The van der Waals surface area contributed by atoms with E-state index in [2.05, 4.69) is 12.1 Å². The molecular formula is C26H24FN3O3. The summed E-state index contributed by atoms with van der Waals surface area (Å²) in [6.07, 6.45) is 2.67. The fourth-order valence-electron chi connectivity index (χ4n) is 4.46. The van der Waals surface area contributed by atoms with Crippen molar-refractivity contribution in [1.29, 1.82) is 0 Å². The molecule has 0 bridgehead atoms. The van der Waals surface area contributed by atoms with Crippen LogP contribution in [0, 0.1) is 5.82 Å². The lowest BCUT2D eigenvalue weighted by atomic mass is 10.00. The van der Waals surface area contributed by atoms with E-state index in [1.807, 2.05) is 33.9 Å². The van der Waals surface area contributed by atoms with Crippen LogP contribution in [0.5, 0.6) is 0 Å². The molecule has 6 nitrogen and oxygen atoms in total. The molecule has 1 aliphatic rings. The molecule has 7 heteroatoms. The van der Waals surface area contributed by atoms with Gasteiger partial charge in [-0.15, -0.1) is 0 Å². The Hall–Kier alpha value is -3.87. The van der Waals surface area contributed by atoms with Gasteiger partial charge in [-0.25, -0.2) is 9.18 Å². The zero-order valence-electron chi connectivity index (χ0n) is 18.3. The van der Waals surface area contributed by atoms with Gasteiger partial charge in [0.2, 0.25) is 5.91 Å². The van der Waals surface area contributed by atoms with Crippen LogP contribution >= 0.6 is 0 Å². The lowest BCUT2D eigenvalue weighted by molar-refractivity contribution is -0.132. The van der Waals surface area contributed by atoms with Crippen molar-refractivity contribution < 1.29 is 18.7 Å². The third-order valence-corrected chi connectivity index (χ3v) is 6.12. The average Bonchev–Trinajstić information content (AvgIpc) is 3.40. The number of halogens is 1. The Morgan fingerprint density at radius 3 is 2.52 bits per heavy atom. The Balaban J connectivity index is 1.49. The zero-order valence-corrected chi connectivity index (χ0v) is 18.3. The summed E-state index contributed by atoms with van der Waals surface area (Å²) in [5, 5.41) is 0. The Morgan fingerprint density at radius 2 is 1.76 bits per heavy atom. The van der Waals surface area contributed by atoms with Crippen molar-refractivity contribution >= 4 is 22.9 Å². The molecule has 0 atom stereocenters. The molecule has 4 aromatic rings. The van der Waals surface area contributed by atoms with Crippen LogP contribution < -0.4 is 0 Å². The van der Waals surface area contributed by atoms with Crippen LogP contribution in [-0.4, -0.2) is 39.1 Å². The van der Waals surface area contributed by atoms with E-state index in [4.69, 9.17) is 4.74 Å². The highest BCUT2D eigenvalue weighted by Gasteiger charge is 2.25. The molecule has 33 heavy (non-hydrogen) atoms. The van der Waals surface area contributed by atoms with Crippen LogP contribution in [0.15, 0.2) is 66.9 Å². The summed E-state index contributed by atoms with van der Waals surface area (Å²) in [4.78, 5) is 27.8. The van der Waals surface area contributed by atoms with Crippen LogP contribution in [-0.2, 0) is 29.0 Å². The van der Waals surface area contributed by atoms with Crippen molar-refractivity contribution in [2.75, 3.05) is 13.2 Å². The first-order valence-electron chi connectivity index (χ1n) is 11.0. The van der Waals surface area contributed by atoms with Gasteiger partial charge in [0.15, 0.2) is 0 Å². The van der Waals surface area contributed by atoms with E-state index in [9.17, 15) is 14.0 Å². The smallest absolute Gasteiger partial charge is 0.355 e. The highest BCUT2D eigenvalue weighted by molar-refractivity contribution is 5.96. The molecule has 0 fully saturated rings. The van der Waals surface area contributed by atoms with E-state index in [-0.39, 0.29) is 24.9 Å². The molecule has 2 aromatic heterocycles. The van der Waals surface area contributed by atoms with Gasteiger partial charge in [0.05, 0.1) is 17.6 Å². The van der Waals surface area contributed by atoms with E-state index >= 15 is 0 Å². The van der Waals surface area contributed by atoms with Crippen LogP contribution in [0.25, 0.3) is 16.7 Å². The second-order valence-corrected chi connectivity index (χ2v) is 8.10. The first kappa shape index (κ1) is 21.0. The van der Waals surface area contributed by atoms with Crippen LogP contribution in [0.4, 0.5) is 4.39 Å². The molecule has 1 amide bonds. The first-order valence-corrected chi connectivity index (χ1v) is 11.0. The van der Waals surface area contributed by atoms with Crippen LogP contribution in [0.1, 0.15) is 28.5 Å². The van der Waals surface area contributed by atoms with Gasteiger partial charge in [-0.2, -0.15) is 0 Å². The lowest BCUT2D eigenvalue weighted by Gasteiger charge is -2.29. The minimum atomic E-state index is -0.476. The molecule has 1 aliphatic heterocycles. The van der Waals surface area contributed by atoms with E-state index in [0.717, 1.165) is 28.7 Å². The third-order valence-electron chi connectivity index (χ3n) is 6.12. The fourth-order valence-corrected chi connectivity index (χ4v) is 4.46. The number of nitrogens with zero attached hydrogens (tertiary/aromatic N) is 3. The minimum absolute atomic E-state index is 0.0350. The predicted octanol–water partition coefficient (Wildman–Crippen LogP) is 4.33. The largest absolute Gasteiger partial charge is 0.461 e. The number of ether oxygens (including phenoxy) is 1. The maximum absolute atomic E-state index is 13.4. The summed E-state index contributed by atoms with van der Waals surface area (Å²) in [6.45, 7) is 3.23. The summed E-state index contributed by atoms with van der Waals surface area (Å²) in [5.41, 5.74) is 5.01. The highest BCUT2D eigenvalue weighted by atomic mass is 19.1. The number of amides is 1. The van der Waals surface area contributed by atoms with Gasteiger partial charge in [-0.1, -0.05) is 24.3 Å². The van der Waals surface area contributed by atoms with Crippen LogP contribution in [0.2, 0.25) is 0 Å². The highest BCUT2D eigenvalue weighted by Crippen LogP contribution is 2.26. The topological polar surface area (TPSA) is 56.5 Å². The minimum Gasteiger partial charge on any atom is -0.461 e. The third kappa shape index (κ3) is 3.91. The number of carbonyl (C=O) groups is 2. The van der Waals surface area contributed by atoms with Crippen molar-refractivity contribution in [3.8, 4) is 5.69 Å². The normalized spacial score (nSPS) is 13.2. The van der Waals surface area contributed by atoms with Crippen molar-refractivity contribution in [3.63, 3.8) is 0 Å². The van der Waals surface area contributed by atoms with Crippen molar-refractivity contribution in [3.05, 3.63) is 89.5 Å². The summed E-state index contributed by atoms with van der Waals surface area (Å²) < 4.78 is 22.2. The molecular weight excluding hydrogens is 421 g/mol. The van der Waals surface area contributed by atoms with Crippen molar-refractivity contribution in [1.82, 2.24) is 14.0 Å². The number of fused-ring (bicyclic) bond motifs is 2. The van der Waals surface area contributed by atoms with E-state index < -0.39 is 5.97 Å². The van der Waals surface area contributed by atoms with Gasteiger partial charge in [0.25, 0.3) is 0 Å². The van der Waals surface area contributed by atoms with Gasteiger partial charge < -0.3 is 18.8 Å². The lowest BCUT2D eigenvalue weighted by Crippen LogP contribution is -2.38. The molecule has 0 saturated heterocycles. The summed E-state index contributed by atoms with van der Waals surface area (Å²) >= 11 is 0. The average molecular weight is 445 g/mol. The van der Waals surface area contributed by atoms with Crippen LogP contribution in [0.3, 0.4) is 0 Å². The van der Waals surface area contributed by atoms with Gasteiger partial charge in [-0.05, 0) is 60.9 Å². The molecule has 0 spiro atoms. The Kier molecular flexibility index (Phi) is 5.46. The summed E-state index contributed by atoms with van der Waals surface area (Å²) in [5.74, 6) is -0.848.